The standard InChI is InChI=1S/C8H12O4/c1-11-8(10)12-7-5-3-2-4-6(7)9/h7H,2-5H2,1H3/t7-/m1/s1. The molecule has 4 heteroatoms. The highest BCUT2D eigenvalue weighted by Gasteiger charge is 2.25. The van der Waals surface area contributed by atoms with Crippen LogP contribution in [0, 0.1) is 0 Å². The first-order valence-corrected chi connectivity index (χ1v) is 4.01. The van der Waals surface area contributed by atoms with Crippen LogP contribution in [0.3, 0.4) is 0 Å². The summed E-state index contributed by atoms with van der Waals surface area (Å²) in [4.78, 5) is 21.7. The Bertz CT molecular complexity index is 187. The van der Waals surface area contributed by atoms with Crippen molar-refractivity contribution in [2.75, 3.05) is 7.11 Å². The monoisotopic (exact) mass is 172 g/mol. The molecule has 0 N–H and O–H groups in total. The Balaban J connectivity index is 2.39. The molecule has 0 unspecified atom stereocenters. The van der Waals surface area contributed by atoms with Gasteiger partial charge in [-0.25, -0.2) is 4.79 Å². The highest BCUT2D eigenvalue weighted by molar-refractivity contribution is 5.85. The minimum atomic E-state index is -0.768. The molecule has 0 spiro atoms. The minimum Gasteiger partial charge on any atom is -0.438 e. The van der Waals surface area contributed by atoms with Crippen LogP contribution in [0.25, 0.3) is 0 Å². The van der Waals surface area contributed by atoms with Gasteiger partial charge >= 0.3 is 6.16 Å². The predicted molar refractivity (Wildman–Crippen MR) is 40.8 cm³/mol. The number of carbonyl (C=O) groups excluding carboxylic acids is 2. The third kappa shape index (κ3) is 2.22. The topological polar surface area (TPSA) is 52.6 Å². The van der Waals surface area contributed by atoms with Gasteiger partial charge in [0.25, 0.3) is 0 Å². The minimum absolute atomic E-state index is 0.00616. The Morgan fingerprint density at radius 2 is 2.25 bits per heavy atom. The smallest absolute Gasteiger partial charge is 0.438 e. The maximum absolute atomic E-state index is 11.1. The van der Waals surface area contributed by atoms with Gasteiger partial charge < -0.3 is 9.47 Å². The molecular weight excluding hydrogens is 160 g/mol. The molecule has 1 saturated carbocycles. The summed E-state index contributed by atoms with van der Waals surface area (Å²) in [6, 6.07) is 0. The first-order chi connectivity index (χ1) is 5.74. The zero-order valence-electron chi connectivity index (χ0n) is 7.04. The SMILES string of the molecule is COC(=O)O[C@@H]1CCCCC1=O. The molecule has 1 rings (SSSR count). The van der Waals surface area contributed by atoms with Crippen molar-refractivity contribution in [3.05, 3.63) is 0 Å². The maximum atomic E-state index is 11.1. The summed E-state index contributed by atoms with van der Waals surface area (Å²) in [5.74, 6) is 0.00616. The van der Waals surface area contributed by atoms with Crippen molar-refractivity contribution in [1.29, 1.82) is 0 Å². The lowest BCUT2D eigenvalue weighted by molar-refractivity contribution is -0.130. The number of ether oxygens (including phenoxy) is 2. The van der Waals surface area contributed by atoms with Gasteiger partial charge in [0.1, 0.15) is 0 Å². The second-order valence-electron chi connectivity index (χ2n) is 2.77. The van der Waals surface area contributed by atoms with Crippen molar-refractivity contribution in [3.63, 3.8) is 0 Å². The summed E-state index contributed by atoms with van der Waals surface area (Å²) < 4.78 is 9.03. The number of ketones is 1. The maximum Gasteiger partial charge on any atom is 0.508 e. The van der Waals surface area contributed by atoms with Crippen LogP contribution in [0.4, 0.5) is 4.79 Å². The third-order valence-electron chi connectivity index (χ3n) is 1.90. The van der Waals surface area contributed by atoms with Gasteiger partial charge in [0, 0.05) is 6.42 Å². The van der Waals surface area contributed by atoms with Gasteiger partial charge in [0.15, 0.2) is 11.9 Å². The Morgan fingerprint density at radius 1 is 1.50 bits per heavy atom. The molecule has 1 fully saturated rings. The van der Waals surface area contributed by atoms with E-state index in [-0.39, 0.29) is 5.78 Å². The number of methoxy groups -OCH3 is 1. The summed E-state index contributed by atoms with van der Waals surface area (Å²) in [7, 11) is 1.23. The largest absolute Gasteiger partial charge is 0.508 e. The van der Waals surface area contributed by atoms with E-state index < -0.39 is 12.3 Å². The third-order valence-corrected chi connectivity index (χ3v) is 1.90. The van der Waals surface area contributed by atoms with E-state index in [0.717, 1.165) is 12.8 Å². The molecule has 0 saturated heterocycles. The molecule has 1 aliphatic rings. The molecule has 1 atom stereocenters. The molecule has 4 nitrogen and oxygen atoms in total. The lowest BCUT2D eigenvalue weighted by atomic mass is 9.96. The van der Waals surface area contributed by atoms with E-state index >= 15 is 0 Å². The van der Waals surface area contributed by atoms with Gasteiger partial charge in [-0.05, 0) is 19.3 Å². The van der Waals surface area contributed by atoms with Gasteiger partial charge in [0.2, 0.25) is 0 Å². The fourth-order valence-corrected chi connectivity index (χ4v) is 1.24. The Morgan fingerprint density at radius 3 is 2.83 bits per heavy atom. The quantitative estimate of drug-likeness (QED) is 0.559. The normalized spacial score (nSPS) is 23.4. The molecule has 0 aromatic rings. The number of hydrogen-bond donors (Lipinski definition) is 0. The molecule has 0 heterocycles. The summed E-state index contributed by atoms with van der Waals surface area (Å²) in [6.45, 7) is 0. The zero-order valence-corrected chi connectivity index (χ0v) is 7.04. The molecule has 0 aliphatic heterocycles. The second-order valence-corrected chi connectivity index (χ2v) is 2.77. The van der Waals surface area contributed by atoms with E-state index in [2.05, 4.69) is 4.74 Å². The van der Waals surface area contributed by atoms with E-state index in [1.807, 2.05) is 0 Å². The molecule has 12 heavy (non-hydrogen) atoms. The highest BCUT2D eigenvalue weighted by Crippen LogP contribution is 2.17. The average Bonchev–Trinajstić information content (AvgIpc) is 2.09. The van der Waals surface area contributed by atoms with Gasteiger partial charge in [0.05, 0.1) is 7.11 Å². The van der Waals surface area contributed by atoms with Crippen molar-refractivity contribution in [2.24, 2.45) is 0 Å². The van der Waals surface area contributed by atoms with Crippen LogP contribution in [-0.4, -0.2) is 25.2 Å². The van der Waals surface area contributed by atoms with Crippen LogP contribution in [0.2, 0.25) is 0 Å². The van der Waals surface area contributed by atoms with E-state index in [1.54, 1.807) is 0 Å². The lowest BCUT2D eigenvalue weighted by Crippen LogP contribution is -2.30. The Hall–Kier alpha value is -1.06. The number of carbonyl (C=O) groups is 2. The van der Waals surface area contributed by atoms with Crippen molar-refractivity contribution in [2.45, 2.75) is 31.8 Å². The van der Waals surface area contributed by atoms with Gasteiger partial charge in [-0.2, -0.15) is 0 Å². The van der Waals surface area contributed by atoms with E-state index in [4.69, 9.17) is 4.74 Å². The van der Waals surface area contributed by atoms with Crippen LogP contribution in [-0.2, 0) is 14.3 Å². The fraction of sp³-hybridized carbons (Fsp3) is 0.750. The van der Waals surface area contributed by atoms with Crippen LogP contribution < -0.4 is 0 Å². The highest BCUT2D eigenvalue weighted by atomic mass is 16.7. The molecule has 68 valence electrons. The molecule has 1 aliphatic carbocycles. The van der Waals surface area contributed by atoms with Crippen molar-refractivity contribution in [3.8, 4) is 0 Å². The van der Waals surface area contributed by atoms with Crippen molar-refractivity contribution in [1.82, 2.24) is 0 Å². The number of rotatable bonds is 1. The zero-order chi connectivity index (χ0) is 8.97. The number of Topliss-reactive ketones (excluding diaryl/α,β-unsaturated/α-hetero) is 1. The summed E-state index contributed by atoms with van der Waals surface area (Å²) >= 11 is 0. The first-order valence-electron chi connectivity index (χ1n) is 4.01. The Kier molecular flexibility index (Phi) is 3.08. The molecule has 0 amide bonds. The van der Waals surface area contributed by atoms with Gasteiger partial charge in [-0.3, -0.25) is 4.79 Å². The number of hydrogen-bond acceptors (Lipinski definition) is 4. The van der Waals surface area contributed by atoms with Gasteiger partial charge in [-0.1, -0.05) is 0 Å². The van der Waals surface area contributed by atoms with E-state index in [1.165, 1.54) is 7.11 Å². The van der Waals surface area contributed by atoms with E-state index in [9.17, 15) is 9.59 Å². The molecule has 0 aromatic carbocycles. The molecule has 0 radical (unpaired) electrons. The summed E-state index contributed by atoms with van der Waals surface area (Å²) in [6.07, 6.45) is 1.66. The fourth-order valence-electron chi connectivity index (χ4n) is 1.24. The molecule has 0 bridgehead atoms. The molecular formula is C8H12O4. The van der Waals surface area contributed by atoms with Crippen molar-refractivity contribution < 1.29 is 19.1 Å². The predicted octanol–water partition coefficient (Wildman–Crippen LogP) is 1.28. The van der Waals surface area contributed by atoms with E-state index in [0.29, 0.717) is 12.8 Å². The van der Waals surface area contributed by atoms with Crippen LogP contribution >= 0.6 is 0 Å². The summed E-state index contributed by atoms with van der Waals surface area (Å²) in [5.41, 5.74) is 0. The van der Waals surface area contributed by atoms with Crippen LogP contribution in [0.15, 0.2) is 0 Å². The van der Waals surface area contributed by atoms with Gasteiger partial charge in [-0.15, -0.1) is 0 Å². The first kappa shape index (κ1) is 9.03. The van der Waals surface area contributed by atoms with Crippen LogP contribution in [0.5, 0.6) is 0 Å². The molecule has 0 aromatic heterocycles. The van der Waals surface area contributed by atoms with Crippen molar-refractivity contribution >= 4 is 11.9 Å². The lowest BCUT2D eigenvalue weighted by Gasteiger charge is -2.19. The second kappa shape index (κ2) is 4.09. The van der Waals surface area contributed by atoms with Crippen LogP contribution in [0.1, 0.15) is 25.7 Å². The average molecular weight is 172 g/mol. The Labute approximate surface area is 70.8 Å². The summed E-state index contributed by atoms with van der Waals surface area (Å²) in [5, 5.41) is 0.